The molecule has 0 aliphatic carbocycles. The van der Waals surface area contributed by atoms with E-state index in [9.17, 15) is 4.79 Å². The summed E-state index contributed by atoms with van der Waals surface area (Å²) in [6, 6.07) is 12.7. The van der Waals surface area contributed by atoms with Crippen LogP contribution in [0.1, 0.15) is 42.3 Å². The van der Waals surface area contributed by atoms with E-state index in [1.165, 1.54) is 5.56 Å². The summed E-state index contributed by atoms with van der Waals surface area (Å²) in [6.07, 6.45) is 0. The van der Waals surface area contributed by atoms with Crippen LogP contribution in [-0.2, 0) is 5.41 Å². The van der Waals surface area contributed by atoms with Gasteiger partial charge in [-0.3, -0.25) is 0 Å². The zero-order chi connectivity index (χ0) is 15.6. The Kier molecular flexibility index (Phi) is 4.38. The Hall–Kier alpha value is -1.80. The predicted molar refractivity (Wildman–Crippen MR) is 86.3 cm³/mol. The van der Waals surface area contributed by atoms with E-state index in [4.69, 9.17) is 16.3 Å². The normalized spacial score (nSPS) is 11.3. The summed E-state index contributed by atoms with van der Waals surface area (Å²) in [7, 11) is 0. The standard InChI is InChI=1S/C18H19ClO2/c1-12-11-13(18(2,3)4)9-10-16(12)21-17(20)14-7-5-6-8-15(14)19/h5-11H,1-4H3. The van der Waals surface area contributed by atoms with Gasteiger partial charge in [0.1, 0.15) is 5.75 Å². The van der Waals surface area contributed by atoms with Gasteiger partial charge in [-0.05, 0) is 41.7 Å². The predicted octanol–water partition coefficient (Wildman–Crippen LogP) is 5.17. The molecule has 21 heavy (non-hydrogen) atoms. The van der Waals surface area contributed by atoms with E-state index >= 15 is 0 Å². The van der Waals surface area contributed by atoms with Crippen LogP contribution in [0.15, 0.2) is 42.5 Å². The second-order valence-electron chi connectivity index (χ2n) is 6.10. The fourth-order valence-corrected chi connectivity index (χ4v) is 2.22. The maximum Gasteiger partial charge on any atom is 0.345 e. The number of benzene rings is 2. The summed E-state index contributed by atoms with van der Waals surface area (Å²) in [5.74, 6) is 0.125. The van der Waals surface area contributed by atoms with Gasteiger partial charge in [-0.25, -0.2) is 4.79 Å². The molecule has 3 heteroatoms. The lowest BCUT2D eigenvalue weighted by molar-refractivity contribution is 0.0733. The van der Waals surface area contributed by atoms with Gasteiger partial charge in [0.25, 0.3) is 0 Å². The van der Waals surface area contributed by atoms with E-state index in [-0.39, 0.29) is 5.41 Å². The molecule has 0 aliphatic heterocycles. The van der Waals surface area contributed by atoms with Crippen molar-refractivity contribution in [3.8, 4) is 5.75 Å². The number of carbonyl (C=O) groups is 1. The van der Waals surface area contributed by atoms with Gasteiger partial charge < -0.3 is 4.74 Å². The highest BCUT2D eigenvalue weighted by Crippen LogP contribution is 2.28. The molecule has 2 rings (SSSR count). The van der Waals surface area contributed by atoms with Crippen LogP contribution >= 0.6 is 11.6 Å². The smallest absolute Gasteiger partial charge is 0.345 e. The van der Waals surface area contributed by atoms with E-state index in [1.54, 1.807) is 24.3 Å². The minimum absolute atomic E-state index is 0.0655. The van der Waals surface area contributed by atoms with Crippen molar-refractivity contribution in [1.29, 1.82) is 0 Å². The fraction of sp³-hybridized carbons (Fsp3) is 0.278. The minimum Gasteiger partial charge on any atom is -0.423 e. The molecule has 0 aromatic heterocycles. The lowest BCUT2D eigenvalue weighted by Gasteiger charge is -2.20. The molecule has 0 heterocycles. The van der Waals surface area contributed by atoms with Crippen LogP contribution in [0.2, 0.25) is 5.02 Å². The third-order valence-electron chi connectivity index (χ3n) is 3.34. The van der Waals surface area contributed by atoms with Crippen molar-refractivity contribution in [2.75, 3.05) is 0 Å². The lowest BCUT2D eigenvalue weighted by atomic mass is 9.86. The van der Waals surface area contributed by atoms with Crippen molar-refractivity contribution in [3.05, 3.63) is 64.2 Å². The molecular weight excluding hydrogens is 284 g/mol. The molecule has 0 radical (unpaired) electrons. The van der Waals surface area contributed by atoms with Crippen molar-refractivity contribution in [2.45, 2.75) is 33.1 Å². The average molecular weight is 303 g/mol. The van der Waals surface area contributed by atoms with Gasteiger partial charge in [-0.15, -0.1) is 0 Å². The number of carbonyl (C=O) groups excluding carboxylic acids is 1. The topological polar surface area (TPSA) is 26.3 Å². The number of halogens is 1. The quantitative estimate of drug-likeness (QED) is 0.565. The van der Waals surface area contributed by atoms with Crippen LogP contribution in [0.3, 0.4) is 0 Å². The molecule has 2 aromatic carbocycles. The molecule has 0 N–H and O–H groups in total. The van der Waals surface area contributed by atoms with Gasteiger partial charge >= 0.3 is 5.97 Å². The number of hydrogen-bond acceptors (Lipinski definition) is 2. The lowest BCUT2D eigenvalue weighted by Crippen LogP contribution is -2.13. The summed E-state index contributed by atoms with van der Waals surface area (Å²) < 4.78 is 5.46. The van der Waals surface area contributed by atoms with E-state index in [0.29, 0.717) is 16.3 Å². The second kappa shape index (κ2) is 5.90. The summed E-state index contributed by atoms with van der Waals surface area (Å²) in [4.78, 5) is 12.2. The van der Waals surface area contributed by atoms with Crippen molar-refractivity contribution in [3.63, 3.8) is 0 Å². The van der Waals surface area contributed by atoms with Gasteiger partial charge in [0, 0.05) is 0 Å². The first-order valence-electron chi connectivity index (χ1n) is 6.87. The van der Waals surface area contributed by atoms with Crippen molar-refractivity contribution >= 4 is 17.6 Å². The van der Waals surface area contributed by atoms with Crippen LogP contribution in [0, 0.1) is 6.92 Å². The largest absolute Gasteiger partial charge is 0.423 e. The first kappa shape index (κ1) is 15.6. The Morgan fingerprint density at radius 3 is 2.33 bits per heavy atom. The summed E-state index contributed by atoms with van der Waals surface area (Å²) >= 11 is 6.01. The Bertz CT molecular complexity index is 669. The molecule has 0 aliphatic rings. The fourth-order valence-electron chi connectivity index (χ4n) is 2.01. The Labute approximate surface area is 130 Å². The molecule has 2 aromatic rings. The zero-order valence-corrected chi connectivity index (χ0v) is 13.5. The molecule has 0 amide bonds. The number of rotatable bonds is 2. The Balaban J connectivity index is 2.25. The van der Waals surface area contributed by atoms with Gasteiger partial charge in [-0.1, -0.05) is 56.6 Å². The first-order chi connectivity index (χ1) is 9.79. The number of aryl methyl sites for hydroxylation is 1. The minimum atomic E-state index is -0.438. The molecule has 0 unspecified atom stereocenters. The molecule has 0 saturated carbocycles. The molecule has 0 fully saturated rings. The van der Waals surface area contributed by atoms with Crippen molar-refractivity contribution in [2.24, 2.45) is 0 Å². The Morgan fingerprint density at radius 1 is 1.10 bits per heavy atom. The number of hydrogen-bond donors (Lipinski definition) is 0. The maximum absolute atomic E-state index is 12.2. The number of esters is 1. The third kappa shape index (κ3) is 3.64. The summed E-state index contributed by atoms with van der Waals surface area (Å²) in [6.45, 7) is 8.38. The van der Waals surface area contributed by atoms with Crippen molar-refractivity contribution in [1.82, 2.24) is 0 Å². The first-order valence-corrected chi connectivity index (χ1v) is 7.24. The molecule has 0 saturated heterocycles. The monoisotopic (exact) mass is 302 g/mol. The molecule has 2 nitrogen and oxygen atoms in total. The van der Waals surface area contributed by atoms with Crippen LogP contribution < -0.4 is 4.74 Å². The highest BCUT2D eigenvalue weighted by atomic mass is 35.5. The molecular formula is C18H19ClO2. The van der Waals surface area contributed by atoms with E-state index < -0.39 is 5.97 Å². The SMILES string of the molecule is Cc1cc(C(C)(C)C)ccc1OC(=O)c1ccccc1Cl. The second-order valence-corrected chi connectivity index (χ2v) is 6.51. The molecule has 0 spiro atoms. The highest BCUT2D eigenvalue weighted by molar-refractivity contribution is 6.33. The molecule has 0 bridgehead atoms. The number of ether oxygens (including phenoxy) is 1. The Morgan fingerprint density at radius 2 is 1.76 bits per heavy atom. The zero-order valence-electron chi connectivity index (χ0n) is 12.7. The van der Waals surface area contributed by atoms with Crippen LogP contribution in [-0.4, -0.2) is 5.97 Å². The third-order valence-corrected chi connectivity index (χ3v) is 3.67. The maximum atomic E-state index is 12.2. The van der Waals surface area contributed by atoms with Gasteiger partial charge in [0.2, 0.25) is 0 Å². The van der Waals surface area contributed by atoms with Gasteiger partial charge in [-0.2, -0.15) is 0 Å². The van der Waals surface area contributed by atoms with Gasteiger partial charge in [0.15, 0.2) is 0 Å². The van der Waals surface area contributed by atoms with E-state index in [2.05, 4.69) is 26.8 Å². The van der Waals surface area contributed by atoms with Crippen LogP contribution in [0.5, 0.6) is 5.75 Å². The van der Waals surface area contributed by atoms with Gasteiger partial charge in [0.05, 0.1) is 10.6 Å². The summed E-state index contributed by atoms with van der Waals surface area (Å²) in [5.41, 5.74) is 2.58. The van der Waals surface area contributed by atoms with E-state index in [1.807, 2.05) is 19.1 Å². The molecule has 0 atom stereocenters. The van der Waals surface area contributed by atoms with Crippen molar-refractivity contribution < 1.29 is 9.53 Å². The highest BCUT2D eigenvalue weighted by Gasteiger charge is 2.17. The molecule has 110 valence electrons. The van der Waals surface area contributed by atoms with Crippen LogP contribution in [0.25, 0.3) is 0 Å². The average Bonchev–Trinajstić information content (AvgIpc) is 2.40. The van der Waals surface area contributed by atoms with Crippen LogP contribution in [0.4, 0.5) is 0 Å². The summed E-state index contributed by atoms with van der Waals surface area (Å²) in [5, 5.41) is 0.395. The van der Waals surface area contributed by atoms with E-state index in [0.717, 1.165) is 5.56 Å².